The van der Waals surface area contributed by atoms with Crippen molar-refractivity contribution < 1.29 is 4.42 Å². The highest BCUT2D eigenvalue weighted by Gasteiger charge is 2.40. The molecule has 50 heavy (non-hydrogen) atoms. The SMILES string of the molecule is CC1(C)c2cc(-c3c4ccccc4c(-c4ccccc4-c4ccccc4-c4ccccc4)c4ccccc34)ccc2-c2oc3ccccc3c21. The fraction of sp³-hybridized carbons (Fsp3) is 0.0612. The van der Waals surface area contributed by atoms with Crippen molar-refractivity contribution in [1.82, 2.24) is 0 Å². The number of furan rings is 1. The Bertz CT molecular complexity index is 2720. The van der Waals surface area contributed by atoms with Crippen LogP contribution in [-0.4, -0.2) is 0 Å². The normalized spacial score (nSPS) is 13.2. The molecule has 1 aliphatic rings. The van der Waals surface area contributed by atoms with Crippen molar-refractivity contribution in [1.29, 1.82) is 0 Å². The van der Waals surface area contributed by atoms with Crippen molar-refractivity contribution in [2.75, 3.05) is 0 Å². The number of para-hydroxylation sites is 1. The van der Waals surface area contributed by atoms with Gasteiger partial charge in [0.15, 0.2) is 0 Å². The van der Waals surface area contributed by atoms with E-state index < -0.39 is 0 Å². The smallest absolute Gasteiger partial charge is 0.139 e. The Morgan fingerprint density at radius 3 is 1.54 bits per heavy atom. The summed E-state index contributed by atoms with van der Waals surface area (Å²) in [4.78, 5) is 0. The van der Waals surface area contributed by atoms with Gasteiger partial charge in [-0.1, -0.05) is 172 Å². The minimum Gasteiger partial charge on any atom is -0.456 e. The van der Waals surface area contributed by atoms with Crippen LogP contribution in [0.5, 0.6) is 0 Å². The predicted molar refractivity (Wildman–Crippen MR) is 211 cm³/mol. The number of fused-ring (bicyclic) bond motifs is 7. The summed E-state index contributed by atoms with van der Waals surface area (Å²) < 4.78 is 6.51. The van der Waals surface area contributed by atoms with Crippen molar-refractivity contribution in [3.8, 4) is 55.8 Å². The molecule has 0 bridgehead atoms. The molecule has 0 N–H and O–H groups in total. The zero-order chi connectivity index (χ0) is 33.4. The van der Waals surface area contributed by atoms with Crippen molar-refractivity contribution >= 4 is 32.5 Å². The van der Waals surface area contributed by atoms with Crippen LogP contribution in [0.2, 0.25) is 0 Å². The van der Waals surface area contributed by atoms with Crippen LogP contribution in [0.1, 0.15) is 25.0 Å². The summed E-state index contributed by atoms with van der Waals surface area (Å²) in [6.07, 6.45) is 0. The van der Waals surface area contributed by atoms with Crippen LogP contribution < -0.4 is 0 Å². The molecular weight excluding hydrogens is 605 g/mol. The minimum absolute atomic E-state index is 0.191. The quantitative estimate of drug-likeness (QED) is 0.175. The summed E-state index contributed by atoms with van der Waals surface area (Å²) in [5.41, 5.74) is 14.5. The van der Waals surface area contributed by atoms with Gasteiger partial charge in [0, 0.05) is 21.9 Å². The van der Waals surface area contributed by atoms with Crippen molar-refractivity contribution in [3.63, 3.8) is 0 Å². The van der Waals surface area contributed by atoms with Crippen LogP contribution in [0.15, 0.2) is 174 Å². The first-order valence-electron chi connectivity index (χ1n) is 17.4. The zero-order valence-corrected chi connectivity index (χ0v) is 28.1. The first kappa shape index (κ1) is 28.8. The lowest BCUT2D eigenvalue weighted by Crippen LogP contribution is -2.15. The molecule has 236 valence electrons. The molecule has 8 aromatic carbocycles. The maximum Gasteiger partial charge on any atom is 0.139 e. The predicted octanol–water partition coefficient (Wildman–Crippen LogP) is 13.7. The van der Waals surface area contributed by atoms with Gasteiger partial charge in [0.05, 0.1) is 0 Å². The van der Waals surface area contributed by atoms with Crippen molar-refractivity contribution in [3.05, 3.63) is 181 Å². The fourth-order valence-corrected chi connectivity index (χ4v) is 8.66. The van der Waals surface area contributed by atoms with Gasteiger partial charge in [0.25, 0.3) is 0 Å². The molecular formula is C49H34O. The van der Waals surface area contributed by atoms with E-state index in [4.69, 9.17) is 4.42 Å². The van der Waals surface area contributed by atoms with Gasteiger partial charge in [-0.3, -0.25) is 0 Å². The Balaban J connectivity index is 1.23. The highest BCUT2D eigenvalue weighted by Crippen LogP contribution is 2.54. The summed E-state index contributed by atoms with van der Waals surface area (Å²) in [7, 11) is 0. The van der Waals surface area contributed by atoms with Crippen LogP contribution in [0.4, 0.5) is 0 Å². The maximum atomic E-state index is 6.51. The van der Waals surface area contributed by atoms with E-state index in [1.165, 1.54) is 88.1 Å². The molecule has 1 nitrogen and oxygen atoms in total. The van der Waals surface area contributed by atoms with Gasteiger partial charge in [-0.05, 0) is 83.7 Å². The standard InChI is InChI=1S/C49H34O/c1-49(2)43-30-32(28-29-41(43)48-47(49)42-26-14-15-27-44(42)50-48)45-37-22-10-12-24-39(37)46(40-25-13-11-23-38(40)45)36-21-9-8-20-35(36)34-19-7-6-18-33(34)31-16-4-3-5-17-31/h3-30H,1-2H3. The summed E-state index contributed by atoms with van der Waals surface area (Å²) >= 11 is 0. The second kappa shape index (κ2) is 10.9. The molecule has 0 amide bonds. The molecule has 0 radical (unpaired) electrons. The highest BCUT2D eigenvalue weighted by molar-refractivity contribution is 6.22. The third kappa shape index (κ3) is 4.13. The summed E-state index contributed by atoms with van der Waals surface area (Å²) in [6, 6.07) is 61.8. The van der Waals surface area contributed by atoms with Crippen LogP contribution in [0.25, 0.3) is 88.3 Å². The van der Waals surface area contributed by atoms with E-state index in [0.29, 0.717) is 0 Å². The van der Waals surface area contributed by atoms with Crippen LogP contribution in [0, 0.1) is 0 Å². The Kier molecular flexibility index (Phi) is 6.29. The van der Waals surface area contributed by atoms with Crippen molar-refractivity contribution in [2.45, 2.75) is 19.3 Å². The average molecular weight is 639 g/mol. The van der Waals surface area contributed by atoms with Crippen LogP contribution in [-0.2, 0) is 5.41 Å². The molecule has 1 heteroatoms. The largest absolute Gasteiger partial charge is 0.456 e. The number of benzene rings is 8. The molecule has 1 aliphatic carbocycles. The first-order chi connectivity index (χ1) is 24.6. The van der Waals surface area contributed by atoms with E-state index in [-0.39, 0.29) is 5.41 Å². The van der Waals surface area contributed by atoms with E-state index >= 15 is 0 Å². The molecule has 0 unspecified atom stereocenters. The summed E-state index contributed by atoms with van der Waals surface area (Å²) in [6.45, 7) is 4.68. The zero-order valence-electron chi connectivity index (χ0n) is 28.1. The number of rotatable bonds is 4. The van der Waals surface area contributed by atoms with E-state index in [2.05, 4.69) is 184 Å². The Labute approximate surface area is 292 Å². The molecule has 1 heterocycles. The lowest BCUT2D eigenvalue weighted by atomic mass is 9.79. The molecule has 1 aromatic heterocycles. The topological polar surface area (TPSA) is 13.1 Å². The second-order valence-corrected chi connectivity index (χ2v) is 14.0. The van der Waals surface area contributed by atoms with Gasteiger partial charge in [-0.15, -0.1) is 0 Å². The lowest BCUT2D eigenvalue weighted by Gasteiger charge is -2.23. The molecule has 0 atom stereocenters. The average Bonchev–Trinajstić information content (AvgIpc) is 3.67. The van der Waals surface area contributed by atoms with E-state index in [1.54, 1.807) is 0 Å². The van der Waals surface area contributed by atoms with Gasteiger partial charge in [0.2, 0.25) is 0 Å². The Hall–Kier alpha value is -6.18. The first-order valence-corrected chi connectivity index (χ1v) is 17.4. The Morgan fingerprint density at radius 1 is 0.380 bits per heavy atom. The molecule has 0 spiro atoms. The fourth-order valence-electron chi connectivity index (χ4n) is 8.66. The Morgan fingerprint density at radius 2 is 0.880 bits per heavy atom. The third-order valence-electron chi connectivity index (χ3n) is 10.9. The number of hydrogen-bond donors (Lipinski definition) is 0. The van der Waals surface area contributed by atoms with Gasteiger partial charge in [-0.25, -0.2) is 0 Å². The van der Waals surface area contributed by atoms with E-state index in [0.717, 1.165) is 11.3 Å². The minimum atomic E-state index is -0.191. The molecule has 9 aromatic rings. The summed E-state index contributed by atoms with van der Waals surface area (Å²) in [5.74, 6) is 1.01. The molecule has 0 aliphatic heterocycles. The van der Waals surface area contributed by atoms with Gasteiger partial charge in [-0.2, -0.15) is 0 Å². The maximum absolute atomic E-state index is 6.51. The van der Waals surface area contributed by atoms with E-state index in [1.807, 2.05) is 0 Å². The monoisotopic (exact) mass is 638 g/mol. The van der Waals surface area contributed by atoms with Gasteiger partial charge < -0.3 is 4.42 Å². The molecule has 0 fully saturated rings. The lowest BCUT2D eigenvalue weighted by molar-refractivity contribution is 0.619. The van der Waals surface area contributed by atoms with Crippen LogP contribution in [0.3, 0.4) is 0 Å². The summed E-state index contributed by atoms with van der Waals surface area (Å²) in [5, 5.41) is 6.22. The van der Waals surface area contributed by atoms with Gasteiger partial charge in [0.1, 0.15) is 11.3 Å². The molecule has 10 rings (SSSR count). The second-order valence-electron chi connectivity index (χ2n) is 14.0. The number of hydrogen-bond acceptors (Lipinski definition) is 1. The van der Waals surface area contributed by atoms with E-state index in [9.17, 15) is 0 Å². The van der Waals surface area contributed by atoms with Crippen LogP contribution >= 0.6 is 0 Å². The molecule has 0 saturated carbocycles. The third-order valence-corrected chi connectivity index (χ3v) is 10.9. The van der Waals surface area contributed by atoms with Gasteiger partial charge >= 0.3 is 0 Å². The van der Waals surface area contributed by atoms with Crippen molar-refractivity contribution in [2.24, 2.45) is 0 Å². The molecule has 0 saturated heterocycles. The highest BCUT2D eigenvalue weighted by atomic mass is 16.3.